The fraction of sp³-hybridized carbons (Fsp3) is 0.389. The maximum Gasteiger partial charge on any atom is 0.188 e. The second kappa shape index (κ2) is 9.93. The van der Waals surface area contributed by atoms with Gasteiger partial charge in [-0.05, 0) is 35.3 Å². The summed E-state index contributed by atoms with van der Waals surface area (Å²) in [6, 6.07) is 14.7. The van der Waals surface area contributed by atoms with Gasteiger partial charge in [0.25, 0.3) is 0 Å². The van der Waals surface area contributed by atoms with Crippen LogP contribution in [0, 0.1) is 5.41 Å². The number of rotatable bonds is 7. The van der Waals surface area contributed by atoms with Crippen LogP contribution in [0.3, 0.4) is 0 Å². The molecule has 0 spiro atoms. The molecular weight excluding hydrogens is 417 g/mol. The molecule has 0 aliphatic heterocycles. The fourth-order valence-corrected chi connectivity index (χ4v) is 3.04. The van der Waals surface area contributed by atoms with Gasteiger partial charge in [-0.25, -0.2) is 0 Å². The third-order valence-corrected chi connectivity index (χ3v) is 4.40. The number of guanidine groups is 1. The van der Waals surface area contributed by atoms with Gasteiger partial charge in [0.05, 0.1) is 0 Å². The molecule has 0 unspecified atom stereocenters. The van der Waals surface area contributed by atoms with Crippen molar-refractivity contribution < 1.29 is 0 Å². The van der Waals surface area contributed by atoms with Crippen LogP contribution in [0.1, 0.15) is 24.3 Å². The molecule has 5 heteroatoms. The lowest BCUT2D eigenvalue weighted by atomic mass is 9.86. The molecule has 0 atom stereocenters. The fourth-order valence-electron chi connectivity index (χ4n) is 2.33. The molecular formula is C18H26IN3S. The van der Waals surface area contributed by atoms with Crippen molar-refractivity contribution in [2.45, 2.75) is 26.7 Å². The van der Waals surface area contributed by atoms with Crippen molar-refractivity contribution in [2.75, 3.05) is 13.1 Å². The lowest BCUT2D eigenvalue weighted by molar-refractivity contribution is 0.377. The molecule has 0 aliphatic carbocycles. The largest absolute Gasteiger partial charge is 0.370 e. The minimum absolute atomic E-state index is 0. The zero-order valence-electron chi connectivity index (χ0n) is 13.8. The number of hydrogen-bond acceptors (Lipinski definition) is 2. The zero-order chi connectivity index (χ0) is 15.8. The molecule has 0 amide bonds. The summed E-state index contributed by atoms with van der Waals surface area (Å²) >= 11 is 1.77. The molecule has 23 heavy (non-hydrogen) atoms. The third-order valence-electron chi connectivity index (χ3n) is 3.46. The number of benzene rings is 1. The van der Waals surface area contributed by atoms with Gasteiger partial charge in [0.2, 0.25) is 0 Å². The van der Waals surface area contributed by atoms with Crippen molar-refractivity contribution in [1.29, 1.82) is 0 Å². The van der Waals surface area contributed by atoms with Crippen LogP contribution in [0.25, 0.3) is 0 Å². The number of aliphatic imine (C=N–C) groups is 1. The van der Waals surface area contributed by atoms with E-state index in [0.717, 1.165) is 25.9 Å². The van der Waals surface area contributed by atoms with E-state index >= 15 is 0 Å². The first-order valence-corrected chi connectivity index (χ1v) is 8.53. The van der Waals surface area contributed by atoms with Crippen LogP contribution in [0.5, 0.6) is 0 Å². The molecule has 2 aromatic rings. The van der Waals surface area contributed by atoms with E-state index in [1.807, 2.05) is 6.07 Å². The second-order valence-corrected chi connectivity index (χ2v) is 7.32. The van der Waals surface area contributed by atoms with Crippen LogP contribution in [0.2, 0.25) is 0 Å². The van der Waals surface area contributed by atoms with Crippen molar-refractivity contribution in [2.24, 2.45) is 16.1 Å². The lowest BCUT2D eigenvalue weighted by Crippen LogP contribution is -2.34. The topological polar surface area (TPSA) is 50.4 Å². The smallest absolute Gasteiger partial charge is 0.188 e. The van der Waals surface area contributed by atoms with Crippen LogP contribution in [0.4, 0.5) is 0 Å². The molecule has 0 aliphatic rings. The highest BCUT2D eigenvalue weighted by molar-refractivity contribution is 14.0. The summed E-state index contributed by atoms with van der Waals surface area (Å²) in [6.45, 7) is 6.00. The summed E-state index contributed by atoms with van der Waals surface area (Å²) < 4.78 is 0. The van der Waals surface area contributed by atoms with Gasteiger partial charge in [0, 0.05) is 18.0 Å². The maximum absolute atomic E-state index is 5.96. The number of nitrogens with one attached hydrogen (secondary N) is 1. The van der Waals surface area contributed by atoms with Gasteiger partial charge in [-0.2, -0.15) is 0 Å². The molecule has 3 N–H and O–H groups in total. The van der Waals surface area contributed by atoms with Crippen molar-refractivity contribution in [3.05, 3.63) is 58.3 Å². The maximum atomic E-state index is 5.96. The van der Waals surface area contributed by atoms with E-state index in [1.54, 1.807) is 11.3 Å². The number of hydrogen-bond donors (Lipinski definition) is 2. The van der Waals surface area contributed by atoms with Gasteiger partial charge in [0.15, 0.2) is 5.96 Å². The standard InChI is InChI=1S/C18H25N3S.HI/c1-18(2,13-15-7-4-3-5-8-15)14-21-17(19)20-11-10-16-9-6-12-22-16;/h3-9,12H,10-11,13-14H2,1-2H3,(H3,19,20,21);1H. The van der Waals surface area contributed by atoms with E-state index in [4.69, 9.17) is 5.73 Å². The van der Waals surface area contributed by atoms with E-state index < -0.39 is 0 Å². The van der Waals surface area contributed by atoms with E-state index in [0.29, 0.717) is 5.96 Å². The van der Waals surface area contributed by atoms with Gasteiger partial charge < -0.3 is 11.1 Å². The van der Waals surface area contributed by atoms with E-state index in [2.05, 4.69) is 65.9 Å². The first kappa shape index (κ1) is 20.0. The number of halogens is 1. The summed E-state index contributed by atoms with van der Waals surface area (Å²) in [5.74, 6) is 0.540. The first-order chi connectivity index (χ1) is 10.6. The molecule has 0 fully saturated rings. The lowest BCUT2D eigenvalue weighted by Gasteiger charge is -2.22. The summed E-state index contributed by atoms with van der Waals surface area (Å²) in [7, 11) is 0. The van der Waals surface area contributed by atoms with Crippen LogP contribution in [0.15, 0.2) is 52.8 Å². The Morgan fingerprint density at radius 2 is 1.91 bits per heavy atom. The zero-order valence-corrected chi connectivity index (χ0v) is 16.9. The summed E-state index contributed by atoms with van der Waals surface area (Å²) in [5.41, 5.74) is 7.39. The Bertz CT molecular complexity index is 580. The molecule has 2 rings (SSSR count). The van der Waals surface area contributed by atoms with Crippen LogP contribution < -0.4 is 11.1 Å². The summed E-state index contributed by atoms with van der Waals surface area (Å²) in [4.78, 5) is 5.86. The predicted octanol–water partition coefficient (Wildman–Crippen LogP) is 4.08. The first-order valence-electron chi connectivity index (χ1n) is 7.65. The van der Waals surface area contributed by atoms with Crippen molar-refractivity contribution in [3.8, 4) is 0 Å². The van der Waals surface area contributed by atoms with E-state index in [9.17, 15) is 0 Å². The highest BCUT2D eigenvalue weighted by Crippen LogP contribution is 2.22. The summed E-state index contributed by atoms with van der Waals surface area (Å²) in [5, 5.41) is 5.29. The van der Waals surface area contributed by atoms with Crippen molar-refractivity contribution in [1.82, 2.24) is 5.32 Å². The second-order valence-electron chi connectivity index (χ2n) is 6.28. The predicted molar refractivity (Wildman–Crippen MR) is 112 cm³/mol. The van der Waals surface area contributed by atoms with E-state index in [1.165, 1.54) is 10.4 Å². The van der Waals surface area contributed by atoms with Gasteiger partial charge in [-0.1, -0.05) is 50.2 Å². The molecule has 0 saturated carbocycles. The molecule has 0 bridgehead atoms. The number of thiophene rings is 1. The van der Waals surface area contributed by atoms with Gasteiger partial charge >= 0.3 is 0 Å². The molecule has 1 aromatic heterocycles. The molecule has 0 saturated heterocycles. The highest BCUT2D eigenvalue weighted by atomic mass is 127. The van der Waals surface area contributed by atoms with Gasteiger partial charge in [0.1, 0.15) is 0 Å². The molecule has 1 heterocycles. The Labute approximate surface area is 160 Å². The Morgan fingerprint density at radius 1 is 1.17 bits per heavy atom. The SMILES string of the molecule is CC(C)(CN=C(N)NCCc1cccs1)Cc1ccccc1.I. The molecule has 0 radical (unpaired) electrons. The Morgan fingerprint density at radius 3 is 2.57 bits per heavy atom. The molecule has 3 nitrogen and oxygen atoms in total. The number of nitrogens with two attached hydrogens (primary N) is 1. The van der Waals surface area contributed by atoms with Crippen molar-refractivity contribution in [3.63, 3.8) is 0 Å². The molecule has 126 valence electrons. The average molecular weight is 443 g/mol. The quantitative estimate of drug-likeness (QED) is 0.385. The van der Waals surface area contributed by atoms with E-state index in [-0.39, 0.29) is 29.4 Å². The minimum Gasteiger partial charge on any atom is -0.370 e. The average Bonchev–Trinajstić information content (AvgIpc) is 2.99. The van der Waals surface area contributed by atoms with Crippen LogP contribution in [-0.2, 0) is 12.8 Å². The van der Waals surface area contributed by atoms with Gasteiger partial charge in [-0.3, -0.25) is 4.99 Å². The van der Waals surface area contributed by atoms with Crippen molar-refractivity contribution >= 4 is 41.3 Å². The summed E-state index contributed by atoms with van der Waals surface area (Å²) in [6.07, 6.45) is 1.99. The van der Waals surface area contributed by atoms with Crippen LogP contribution in [-0.4, -0.2) is 19.0 Å². The Kier molecular flexibility index (Phi) is 8.62. The Hall–Kier alpha value is -1.08. The number of nitrogens with zero attached hydrogens (tertiary/aromatic N) is 1. The molecule has 1 aromatic carbocycles. The Balaban J connectivity index is 0.00000264. The normalized spacial score (nSPS) is 11.8. The minimum atomic E-state index is 0. The van der Waals surface area contributed by atoms with Crippen LogP contribution >= 0.6 is 35.3 Å². The monoisotopic (exact) mass is 443 g/mol. The third kappa shape index (κ3) is 7.83. The van der Waals surface area contributed by atoms with Gasteiger partial charge in [-0.15, -0.1) is 35.3 Å². The highest BCUT2D eigenvalue weighted by Gasteiger charge is 2.18.